The lowest BCUT2D eigenvalue weighted by Crippen LogP contribution is -2.55. The van der Waals surface area contributed by atoms with Crippen LogP contribution < -0.4 is 19.1 Å². The highest BCUT2D eigenvalue weighted by molar-refractivity contribution is 7.92. The predicted molar refractivity (Wildman–Crippen MR) is 134 cm³/mol. The summed E-state index contributed by atoms with van der Waals surface area (Å²) in [6, 6.07) is 13.5. The van der Waals surface area contributed by atoms with E-state index in [1.807, 2.05) is 51.1 Å². The highest BCUT2D eigenvalue weighted by atomic mass is 32.2. The lowest BCUT2D eigenvalue weighted by atomic mass is 10.1. The van der Waals surface area contributed by atoms with Crippen LogP contribution in [0.15, 0.2) is 48.5 Å². The Morgan fingerprint density at radius 2 is 1.71 bits per heavy atom. The molecule has 1 N–H and O–H groups in total. The van der Waals surface area contributed by atoms with E-state index in [0.717, 1.165) is 16.1 Å². The zero-order chi connectivity index (χ0) is 25.8. The smallest absolute Gasteiger partial charge is 0.244 e. The van der Waals surface area contributed by atoms with E-state index in [0.29, 0.717) is 17.9 Å². The number of nitrogens with one attached hydrogen (secondary N) is 1. The Morgan fingerprint density at radius 1 is 1.06 bits per heavy atom. The Morgan fingerprint density at radius 3 is 2.34 bits per heavy atom. The first kappa shape index (κ1) is 26.3. The number of hydrogen-bond acceptors (Lipinski definition) is 6. The number of hydrogen-bond donors (Lipinski definition) is 1. The molecular weight excluding hydrogens is 470 g/mol. The average Bonchev–Trinajstić information content (AvgIpc) is 3.24. The standard InChI is InChI=1S/C25H33N3O6S/c1-18(24(30)26-25(2,3)4)27(14-13-19-9-7-6-8-10-19)23(29)16-28(35(5,31)32)20-11-12-21-22(15-20)34-17-33-21/h6-12,15,18H,13-14,16-17H2,1-5H3,(H,26,30)/t18-/m0/s1. The lowest BCUT2D eigenvalue weighted by Gasteiger charge is -2.33. The molecular formula is C25H33N3O6S. The van der Waals surface area contributed by atoms with E-state index in [9.17, 15) is 18.0 Å². The molecule has 2 aromatic carbocycles. The minimum atomic E-state index is -3.82. The van der Waals surface area contributed by atoms with Gasteiger partial charge < -0.3 is 19.7 Å². The van der Waals surface area contributed by atoms with Crippen molar-refractivity contribution < 1.29 is 27.5 Å². The van der Waals surface area contributed by atoms with Gasteiger partial charge in [-0.3, -0.25) is 13.9 Å². The molecule has 10 heteroatoms. The fourth-order valence-electron chi connectivity index (χ4n) is 3.70. The molecule has 1 atom stereocenters. The van der Waals surface area contributed by atoms with Gasteiger partial charge in [0.25, 0.3) is 0 Å². The van der Waals surface area contributed by atoms with E-state index < -0.39 is 34.1 Å². The second kappa shape index (κ2) is 10.6. The number of sulfonamides is 1. The van der Waals surface area contributed by atoms with E-state index in [4.69, 9.17) is 9.47 Å². The minimum absolute atomic E-state index is 0.0459. The van der Waals surface area contributed by atoms with Gasteiger partial charge >= 0.3 is 0 Å². The monoisotopic (exact) mass is 503 g/mol. The number of rotatable bonds is 9. The Bertz CT molecular complexity index is 1160. The number of fused-ring (bicyclic) bond motifs is 1. The summed E-state index contributed by atoms with van der Waals surface area (Å²) in [7, 11) is -3.82. The van der Waals surface area contributed by atoms with Crippen LogP contribution >= 0.6 is 0 Å². The first-order valence-corrected chi connectivity index (χ1v) is 13.2. The zero-order valence-corrected chi connectivity index (χ0v) is 21.6. The topological polar surface area (TPSA) is 105 Å². The summed E-state index contributed by atoms with van der Waals surface area (Å²) in [5.41, 5.74) is 0.800. The predicted octanol–water partition coefficient (Wildman–Crippen LogP) is 2.56. The van der Waals surface area contributed by atoms with Crippen LogP contribution in [0.1, 0.15) is 33.3 Å². The summed E-state index contributed by atoms with van der Waals surface area (Å²) in [6.07, 6.45) is 1.55. The number of carbonyl (C=O) groups is 2. The van der Waals surface area contributed by atoms with Crippen LogP contribution in [0.2, 0.25) is 0 Å². The Hall–Kier alpha value is -3.27. The molecule has 0 spiro atoms. The molecule has 1 aliphatic rings. The van der Waals surface area contributed by atoms with Crippen LogP contribution in [0, 0.1) is 0 Å². The second-order valence-electron chi connectivity index (χ2n) is 9.55. The molecule has 0 radical (unpaired) electrons. The molecule has 2 amide bonds. The molecule has 0 bridgehead atoms. The number of nitrogens with zero attached hydrogens (tertiary/aromatic N) is 2. The molecule has 1 aliphatic heterocycles. The van der Waals surface area contributed by atoms with Gasteiger partial charge in [-0.2, -0.15) is 0 Å². The van der Waals surface area contributed by atoms with Crippen molar-refractivity contribution in [3.63, 3.8) is 0 Å². The number of carbonyl (C=O) groups excluding carboxylic acids is 2. The van der Waals surface area contributed by atoms with Crippen LogP contribution in [0.4, 0.5) is 5.69 Å². The third-order valence-electron chi connectivity index (χ3n) is 5.47. The molecule has 0 aromatic heterocycles. The van der Waals surface area contributed by atoms with Crippen molar-refractivity contribution >= 4 is 27.5 Å². The minimum Gasteiger partial charge on any atom is -0.454 e. The molecule has 3 rings (SSSR count). The van der Waals surface area contributed by atoms with Crippen LogP contribution in [-0.4, -0.2) is 62.9 Å². The van der Waals surface area contributed by atoms with Crippen molar-refractivity contribution in [2.45, 2.75) is 45.7 Å². The van der Waals surface area contributed by atoms with Crippen LogP contribution in [0.5, 0.6) is 11.5 Å². The summed E-state index contributed by atoms with van der Waals surface area (Å²) in [5, 5.41) is 2.90. The SMILES string of the molecule is C[C@@H](C(=O)NC(C)(C)C)N(CCc1ccccc1)C(=O)CN(c1ccc2c(c1)OCO2)S(C)(=O)=O. The Kier molecular flexibility index (Phi) is 7.94. The summed E-state index contributed by atoms with van der Waals surface area (Å²) < 4.78 is 37.0. The molecule has 1 heterocycles. The molecule has 2 aromatic rings. The van der Waals surface area contributed by atoms with Gasteiger partial charge in [0, 0.05) is 18.2 Å². The maximum atomic E-state index is 13.5. The number of amides is 2. The van der Waals surface area contributed by atoms with E-state index in [2.05, 4.69) is 5.32 Å². The lowest BCUT2D eigenvalue weighted by molar-refractivity contribution is -0.139. The van der Waals surface area contributed by atoms with Crippen LogP contribution in [0.25, 0.3) is 0 Å². The molecule has 9 nitrogen and oxygen atoms in total. The van der Waals surface area contributed by atoms with Gasteiger partial charge in [0.2, 0.25) is 28.6 Å². The molecule has 35 heavy (non-hydrogen) atoms. The van der Waals surface area contributed by atoms with Crippen LogP contribution in [0.3, 0.4) is 0 Å². The fourth-order valence-corrected chi connectivity index (χ4v) is 4.54. The quantitative estimate of drug-likeness (QED) is 0.564. The van der Waals surface area contributed by atoms with Gasteiger partial charge in [-0.05, 0) is 51.8 Å². The van der Waals surface area contributed by atoms with E-state index in [1.54, 1.807) is 19.1 Å². The first-order valence-electron chi connectivity index (χ1n) is 11.4. The highest BCUT2D eigenvalue weighted by Crippen LogP contribution is 2.36. The van der Waals surface area contributed by atoms with Crippen molar-refractivity contribution in [2.24, 2.45) is 0 Å². The third-order valence-corrected chi connectivity index (χ3v) is 6.61. The van der Waals surface area contributed by atoms with Crippen molar-refractivity contribution in [2.75, 3.05) is 30.4 Å². The van der Waals surface area contributed by atoms with Gasteiger partial charge in [-0.15, -0.1) is 0 Å². The van der Waals surface area contributed by atoms with Gasteiger partial charge in [-0.25, -0.2) is 8.42 Å². The first-order chi connectivity index (χ1) is 16.3. The van der Waals surface area contributed by atoms with Crippen molar-refractivity contribution in [1.29, 1.82) is 0 Å². The normalized spacial score (nSPS) is 13.7. The molecule has 0 saturated heterocycles. The van der Waals surface area contributed by atoms with Crippen molar-refractivity contribution in [1.82, 2.24) is 10.2 Å². The van der Waals surface area contributed by atoms with Gasteiger partial charge in [-0.1, -0.05) is 30.3 Å². The van der Waals surface area contributed by atoms with Gasteiger partial charge in [0.1, 0.15) is 12.6 Å². The van der Waals surface area contributed by atoms with Gasteiger partial charge in [0.15, 0.2) is 11.5 Å². The zero-order valence-electron chi connectivity index (χ0n) is 20.8. The molecule has 0 aliphatic carbocycles. The van der Waals surface area contributed by atoms with Crippen molar-refractivity contribution in [3.05, 3.63) is 54.1 Å². The highest BCUT2D eigenvalue weighted by Gasteiger charge is 2.31. The molecule has 190 valence electrons. The maximum absolute atomic E-state index is 13.5. The number of anilines is 1. The Balaban J connectivity index is 1.86. The summed E-state index contributed by atoms with van der Waals surface area (Å²) in [5.74, 6) is 0.112. The second-order valence-corrected chi connectivity index (χ2v) is 11.5. The van der Waals surface area contributed by atoms with E-state index in [1.165, 1.54) is 11.0 Å². The summed E-state index contributed by atoms with van der Waals surface area (Å²) >= 11 is 0. The third kappa shape index (κ3) is 7.11. The molecule has 0 unspecified atom stereocenters. The fraction of sp³-hybridized carbons (Fsp3) is 0.440. The number of benzene rings is 2. The summed E-state index contributed by atoms with van der Waals surface area (Å²) in [4.78, 5) is 27.9. The maximum Gasteiger partial charge on any atom is 0.244 e. The Labute approximate surface area is 207 Å². The average molecular weight is 504 g/mol. The number of ether oxygens (including phenoxy) is 2. The summed E-state index contributed by atoms with van der Waals surface area (Å²) in [6.45, 7) is 7.07. The molecule has 0 fully saturated rings. The van der Waals surface area contributed by atoms with E-state index in [-0.39, 0.29) is 24.9 Å². The van der Waals surface area contributed by atoms with Crippen molar-refractivity contribution in [3.8, 4) is 11.5 Å². The molecule has 0 saturated carbocycles. The van der Waals surface area contributed by atoms with Crippen LogP contribution in [-0.2, 0) is 26.0 Å². The van der Waals surface area contributed by atoms with E-state index >= 15 is 0 Å². The largest absolute Gasteiger partial charge is 0.454 e. The van der Waals surface area contributed by atoms with Gasteiger partial charge in [0.05, 0.1) is 11.9 Å².